The minimum absolute atomic E-state index is 0.0655. The highest BCUT2D eigenvalue weighted by Crippen LogP contribution is 2.27. The summed E-state index contributed by atoms with van der Waals surface area (Å²) in [5.41, 5.74) is 5.91. The third kappa shape index (κ3) is 13.1. The second kappa shape index (κ2) is 20.4. The SMILES string of the molecule is CCCC(NC(=O)[C@H](Cc1ccc2ccccc2c1)NC(=O)[C@@H](NC(=O)OC(C)(C)C)C1CCCCC1)C(O)C(=O)NCC(=O)N[C@H](C(N)=O)c1ccccc1. The number of fused-ring (bicyclic) bond motifs is 1. The van der Waals surface area contributed by atoms with Crippen LogP contribution in [0.2, 0.25) is 0 Å². The summed E-state index contributed by atoms with van der Waals surface area (Å²) in [5, 5.41) is 26.4. The van der Waals surface area contributed by atoms with Gasteiger partial charge in [-0.25, -0.2) is 4.79 Å². The summed E-state index contributed by atoms with van der Waals surface area (Å²) in [4.78, 5) is 79.2. The number of alkyl carbamates (subject to hydrolysis) is 1. The van der Waals surface area contributed by atoms with E-state index in [1.807, 2.05) is 49.4 Å². The van der Waals surface area contributed by atoms with E-state index in [-0.39, 0.29) is 18.8 Å². The molecule has 3 aromatic carbocycles. The van der Waals surface area contributed by atoms with E-state index >= 15 is 0 Å². The molecule has 0 aromatic heterocycles. The first-order valence-corrected chi connectivity index (χ1v) is 19.3. The van der Waals surface area contributed by atoms with Crippen molar-refractivity contribution in [1.29, 1.82) is 0 Å². The number of nitrogens with one attached hydrogen (secondary N) is 5. The molecule has 14 nitrogen and oxygen atoms in total. The number of nitrogens with two attached hydrogens (primary N) is 1. The van der Waals surface area contributed by atoms with Crippen molar-refractivity contribution in [1.82, 2.24) is 26.6 Å². The van der Waals surface area contributed by atoms with Crippen LogP contribution >= 0.6 is 0 Å². The zero-order chi connectivity index (χ0) is 40.8. The van der Waals surface area contributed by atoms with Crippen LogP contribution in [-0.2, 0) is 35.1 Å². The monoisotopic (exact) mass is 772 g/mol. The Kier molecular flexibility index (Phi) is 15.8. The third-order valence-corrected chi connectivity index (χ3v) is 9.69. The molecule has 0 saturated heterocycles. The summed E-state index contributed by atoms with van der Waals surface area (Å²) in [5.74, 6) is -3.82. The molecule has 1 saturated carbocycles. The van der Waals surface area contributed by atoms with Crippen LogP contribution in [-0.4, -0.2) is 77.1 Å². The predicted octanol–water partition coefficient (Wildman–Crippen LogP) is 3.45. The molecule has 8 N–H and O–H groups in total. The first kappa shape index (κ1) is 43.2. The summed E-state index contributed by atoms with van der Waals surface area (Å²) >= 11 is 0. The Hall–Kier alpha value is -5.50. The van der Waals surface area contributed by atoms with Crippen molar-refractivity contribution in [3.63, 3.8) is 0 Å². The molecule has 56 heavy (non-hydrogen) atoms. The number of aliphatic hydroxyl groups excluding tert-OH is 1. The van der Waals surface area contributed by atoms with Crippen molar-refractivity contribution in [2.24, 2.45) is 11.7 Å². The van der Waals surface area contributed by atoms with Crippen LogP contribution < -0.4 is 32.3 Å². The Labute approximate surface area is 328 Å². The zero-order valence-corrected chi connectivity index (χ0v) is 32.6. The van der Waals surface area contributed by atoms with E-state index < -0.39 is 78.0 Å². The number of amides is 6. The number of carbonyl (C=O) groups excluding carboxylic acids is 6. The molecule has 1 aliphatic rings. The lowest BCUT2D eigenvalue weighted by Gasteiger charge is -2.32. The molecule has 0 heterocycles. The summed E-state index contributed by atoms with van der Waals surface area (Å²) in [6.07, 6.45) is 2.44. The van der Waals surface area contributed by atoms with Crippen LogP contribution in [0.4, 0.5) is 4.79 Å². The number of benzene rings is 3. The van der Waals surface area contributed by atoms with Gasteiger partial charge in [-0.3, -0.25) is 24.0 Å². The third-order valence-electron chi connectivity index (χ3n) is 9.69. The lowest BCUT2D eigenvalue weighted by Crippen LogP contribution is -2.59. The van der Waals surface area contributed by atoms with Gasteiger partial charge in [0.25, 0.3) is 5.91 Å². The van der Waals surface area contributed by atoms with Gasteiger partial charge < -0.3 is 42.2 Å². The van der Waals surface area contributed by atoms with Gasteiger partial charge in [0.05, 0.1) is 12.6 Å². The van der Waals surface area contributed by atoms with Gasteiger partial charge >= 0.3 is 6.09 Å². The van der Waals surface area contributed by atoms with E-state index in [1.54, 1.807) is 51.1 Å². The molecule has 0 bridgehead atoms. The van der Waals surface area contributed by atoms with Gasteiger partial charge in [0.2, 0.25) is 23.6 Å². The van der Waals surface area contributed by atoms with Gasteiger partial charge in [-0.15, -0.1) is 0 Å². The molecule has 0 spiro atoms. The molecule has 5 atom stereocenters. The largest absolute Gasteiger partial charge is 0.444 e. The summed E-state index contributed by atoms with van der Waals surface area (Å²) in [7, 11) is 0. The fourth-order valence-corrected chi connectivity index (χ4v) is 6.91. The molecule has 14 heteroatoms. The molecular formula is C42H56N6O8. The number of hydrogen-bond acceptors (Lipinski definition) is 8. The maximum Gasteiger partial charge on any atom is 0.408 e. The Morgan fingerprint density at radius 1 is 0.804 bits per heavy atom. The Morgan fingerprint density at radius 2 is 1.46 bits per heavy atom. The molecule has 0 aliphatic heterocycles. The number of primary amides is 1. The number of aliphatic hydroxyl groups is 1. The zero-order valence-electron chi connectivity index (χ0n) is 32.6. The maximum atomic E-state index is 14.2. The van der Waals surface area contributed by atoms with E-state index in [9.17, 15) is 33.9 Å². The van der Waals surface area contributed by atoms with E-state index in [0.717, 1.165) is 35.6 Å². The number of hydrogen-bond donors (Lipinski definition) is 7. The van der Waals surface area contributed by atoms with Crippen molar-refractivity contribution in [2.45, 2.75) is 115 Å². The highest BCUT2D eigenvalue weighted by atomic mass is 16.6. The highest BCUT2D eigenvalue weighted by molar-refractivity contribution is 5.93. The van der Waals surface area contributed by atoms with Gasteiger partial charge in [-0.05, 0) is 67.9 Å². The van der Waals surface area contributed by atoms with Crippen molar-refractivity contribution in [3.05, 3.63) is 83.9 Å². The van der Waals surface area contributed by atoms with Crippen LogP contribution in [0.5, 0.6) is 0 Å². The predicted molar refractivity (Wildman–Crippen MR) is 212 cm³/mol. The van der Waals surface area contributed by atoms with Crippen molar-refractivity contribution in [2.75, 3.05) is 6.54 Å². The molecule has 1 aliphatic carbocycles. The van der Waals surface area contributed by atoms with Crippen LogP contribution in [0.25, 0.3) is 10.8 Å². The Balaban J connectivity index is 1.51. The van der Waals surface area contributed by atoms with E-state index in [1.165, 1.54) is 0 Å². The fraction of sp³-hybridized carbons (Fsp3) is 0.476. The highest BCUT2D eigenvalue weighted by Gasteiger charge is 2.36. The van der Waals surface area contributed by atoms with Crippen LogP contribution in [0.1, 0.15) is 89.8 Å². The Morgan fingerprint density at radius 3 is 2.11 bits per heavy atom. The maximum absolute atomic E-state index is 14.2. The fourth-order valence-electron chi connectivity index (χ4n) is 6.91. The molecule has 302 valence electrons. The van der Waals surface area contributed by atoms with Gasteiger partial charge in [0, 0.05) is 6.42 Å². The van der Waals surface area contributed by atoms with Crippen molar-refractivity contribution >= 4 is 46.4 Å². The molecule has 4 rings (SSSR count). The molecule has 3 aromatic rings. The van der Waals surface area contributed by atoms with E-state index in [2.05, 4.69) is 26.6 Å². The van der Waals surface area contributed by atoms with Crippen LogP contribution in [0.3, 0.4) is 0 Å². The minimum atomic E-state index is -1.77. The molecule has 2 unspecified atom stereocenters. The normalized spacial score (nSPS) is 15.9. The number of carbonyl (C=O) groups is 6. The first-order chi connectivity index (χ1) is 26.6. The minimum Gasteiger partial charge on any atom is -0.444 e. The molecule has 1 fully saturated rings. The average molecular weight is 773 g/mol. The molecular weight excluding hydrogens is 716 g/mol. The van der Waals surface area contributed by atoms with Crippen LogP contribution in [0, 0.1) is 5.92 Å². The van der Waals surface area contributed by atoms with Gasteiger partial charge in [-0.2, -0.15) is 0 Å². The summed E-state index contributed by atoms with van der Waals surface area (Å²) in [6, 6.07) is 17.4. The van der Waals surface area contributed by atoms with E-state index in [0.29, 0.717) is 24.8 Å². The van der Waals surface area contributed by atoms with Crippen LogP contribution in [0.15, 0.2) is 72.8 Å². The van der Waals surface area contributed by atoms with Gasteiger partial charge in [0.15, 0.2) is 6.10 Å². The van der Waals surface area contributed by atoms with Crippen molar-refractivity contribution < 1.29 is 38.6 Å². The molecule has 0 radical (unpaired) electrons. The first-order valence-electron chi connectivity index (χ1n) is 19.3. The Bertz CT molecular complexity index is 1820. The quantitative estimate of drug-likeness (QED) is 0.108. The summed E-state index contributed by atoms with van der Waals surface area (Å²) in [6.45, 7) is 6.43. The standard InChI is InChI=1S/C42H56N6O8/c1-5-14-31(36(50)40(54)44-25-33(49)47-34(37(43)51)28-16-8-6-9-17-28)45-38(52)32(24-26-21-22-27-15-12-13-20-30(27)23-26)46-39(53)35(29-18-10-7-11-19-29)48-41(55)56-42(2,3)4/h6,8-9,12-13,15-17,20-23,29,31-32,34-36,50H,5,7,10-11,14,18-19,24-25H2,1-4H3,(H2,43,51)(H,44,54)(H,45,52)(H,46,53)(H,47,49)(H,48,55)/t31?,32-,34-,35-,36?/m0/s1. The molecule has 6 amide bonds. The topological polar surface area (TPSA) is 218 Å². The lowest BCUT2D eigenvalue weighted by molar-refractivity contribution is -0.136. The van der Waals surface area contributed by atoms with Crippen molar-refractivity contribution in [3.8, 4) is 0 Å². The van der Waals surface area contributed by atoms with Gasteiger partial charge in [0.1, 0.15) is 23.7 Å². The van der Waals surface area contributed by atoms with Gasteiger partial charge in [-0.1, -0.05) is 105 Å². The lowest BCUT2D eigenvalue weighted by atomic mass is 9.83. The second-order valence-electron chi connectivity index (χ2n) is 15.3. The van der Waals surface area contributed by atoms with E-state index in [4.69, 9.17) is 10.5 Å². The number of rotatable bonds is 17. The number of ether oxygens (including phenoxy) is 1. The smallest absolute Gasteiger partial charge is 0.408 e. The summed E-state index contributed by atoms with van der Waals surface area (Å²) < 4.78 is 5.49. The average Bonchev–Trinajstić information content (AvgIpc) is 3.17. The second-order valence-corrected chi connectivity index (χ2v) is 15.3.